The normalized spacial score (nSPS) is 9.74. The fourth-order valence-electron chi connectivity index (χ4n) is 1.43. The van der Waals surface area contributed by atoms with Crippen molar-refractivity contribution in [1.29, 1.82) is 0 Å². The molecule has 1 rings (SSSR count). The summed E-state index contributed by atoms with van der Waals surface area (Å²) in [6.45, 7) is 0.146. The van der Waals surface area contributed by atoms with Crippen LogP contribution in [0.25, 0.3) is 0 Å². The molecular weight excluding hydrogens is 248 g/mol. The van der Waals surface area contributed by atoms with Crippen molar-refractivity contribution in [1.82, 2.24) is 9.80 Å². The molecule has 0 radical (unpaired) electrons. The quantitative estimate of drug-likeness (QED) is 0.762. The van der Waals surface area contributed by atoms with E-state index in [1.807, 2.05) is 0 Å². The van der Waals surface area contributed by atoms with Crippen molar-refractivity contribution in [3.63, 3.8) is 0 Å². The molecule has 106 valence electrons. The molecular formula is C13H20N2O4. The van der Waals surface area contributed by atoms with E-state index in [-0.39, 0.29) is 12.8 Å². The van der Waals surface area contributed by atoms with Crippen molar-refractivity contribution >= 4 is 6.03 Å². The van der Waals surface area contributed by atoms with Crippen LogP contribution >= 0.6 is 0 Å². The number of carbonyl (C=O) groups is 1. The zero-order valence-electron chi connectivity index (χ0n) is 12.0. The van der Waals surface area contributed by atoms with Crippen LogP contribution in [0.5, 0.6) is 17.2 Å². The molecule has 6 nitrogen and oxygen atoms in total. The van der Waals surface area contributed by atoms with E-state index in [1.165, 1.54) is 9.80 Å². The Kier molecular flexibility index (Phi) is 5.29. The minimum Gasteiger partial charge on any atom is -0.496 e. The molecule has 0 aliphatic carbocycles. The predicted molar refractivity (Wildman–Crippen MR) is 71.9 cm³/mol. The summed E-state index contributed by atoms with van der Waals surface area (Å²) >= 11 is 0. The average Bonchev–Trinajstić information content (AvgIpc) is 2.43. The Hall–Kier alpha value is -2.11. The molecule has 2 amide bonds. The van der Waals surface area contributed by atoms with Crippen LogP contribution in [0.4, 0.5) is 4.79 Å². The minimum atomic E-state index is -0.130. The standard InChI is InChI=1S/C13H20N2O4/c1-14(2)13(16)15(3)9-19-12-7-10(17-4)6-11(8-12)18-5/h6-8H,9H2,1-5H3. The molecule has 0 aliphatic heterocycles. The summed E-state index contributed by atoms with van der Waals surface area (Å²) in [6, 6.07) is 5.09. The lowest BCUT2D eigenvalue weighted by atomic mass is 10.3. The lowest BCUT2D eigenvalue weighted by Crippen LogP contribution is -2.38. The highest BCUT2D eigenvalue weighted by Gasteiger charge is 2.11. The van der Waals surface area contributed by atoms with Crippen LogP contribution in [0, 0.1) is 0 Å². The Morgan fingerprint density at radius 3 is 1.89 bits per heavy atom. The molecule has 0 aliphatic rings. The number of hydrogen-bond donors (Lipinski definition) is 0. The zero-order chi connectivity index (χ0) is 14.4. The van der Waals surface area contributed by atoms with Crippen LogP contribution in [0.1, 0.15) is 0 Å². The van der Waals surface area contributed by atoms with Gasteiger partial charge in [-0.25, -0.2) is 4.79 Å². The fourth-order valence-corrected chi connectivity index (χ4v) is 1.43. The summed E-state index contributed by atoms with van der Waals surface area (Å²) in [6.07, 6.45) is 0. The summed E-state index contributed by atoms with van der Waals surface area (Å²) in [5, 5.41) is 0. The minimum absolute atomic E-state index is 0.130. The fraction of sp³-hybridized carbons (Fsp3) is 0.462. The van der Waals surface area contributed by atoms with Gasteiger partial charge in [0.25, 0.3) is 0 Å². The highest BCUT2D eigenvalue weighted by Crippen LogP contribution is 2.27. The largest absolute Gasteiger partial charge is 0.496 e. The van der Waals surface area contributed by atoms with Crippen molar-refractivity contribution in [3.05, 3.63) is 18.2 Å². The van der Waals surface area contributed by atoms with Gasteiger partial charge in [0.05, 0.1) is 14.2 Å². The van der Waals surface area contributed by atoms with E-state index in [1.54, 1.807) is 53.6 Å². The van der Waals surface area contributed by atoms with Gasteiger partial charge in [0, 0.05) is 39.3 Å². The van der Waals surface area contributed by atoms with Gasteiger partial charge in [0.1, 0.15) is 17.2 Å². The highest BCUT2D eigenvalue weighted by atomic mass is 16.5. The van der Waals surface area contributed by atoms with E-state index >= 15 is 0 Å². The summed E-state index contributed by atoms with van der Waals surface area (Å²) in [7, 11) is 8.18. The second kappa shape index (κ2) is 6.72. The van der Waals surface area contributed by atoms with Gasteiger partial charge in [-0.1, -0.05) is 0 Å². The number of carbonyl (C=O) groups excluding carboxylic acids is 1. The summed E-state index contributed by atoms with van der Waals surface area (Å²) < 4.78 is 15.8. The maximum absolute atomic E-state index is 11.6. The second-order valence-electron chi connectivity index (χ2n) is 4.20. The summed E-state index contributed by atoms with van der Waals surface area (Å²) in [4.78, 5) is 14.6. The van der Waals surface area contributed by atoms with Crippen LogP contribution < -0.4 is 14.2 Å². The molecule has 0 bridgehead atoms. The van der Waals surface area contributed by atoms with Gasteiger partial charge < -0.3 is 19.1 Å². The van der Waals surface area contributed by atoms with E-state index in [4.69, 9.17) is 14.2 Å². The number of rotatable bonds is 5. The van der Waals surface area contributed by atoms with E-state index in [2.05, 4.69) is 0 Å². The number of urea groups is 1. The van der Waals surface area contributed by atoms with Crippen molar-refractivity contribution < 1.29 is 19.0 Å². The van der Waals surface area contributed by atoms with Gasteiger partial charge >= 0.3 is 6.03 Å². The van der Waals surface area contributed by atoms with Crippen LogP contribution in [-0.4, -0.2) is 57.9 Å². The lowest BCUT2D eigenvalue weighted by Gasteiger charge is -2.22. The number of ether oxygens (including phenoxy) is 3. The van der Waals surface area contributed by atoms with Crippen LogP contribution in [-0.2, 0) is 0 Å². The number of hydrogen-bond acceptors (Lipinski definition) is 4. The summed E-state index contributed by atoms with van der Waals surface area (Å²) in [5.41, 5.74) is 0. The molecule has 0 aromatic heterocycles. The van der Waals surface area contributed by atoms with Gasteiger partial charge in [0.15, 0.2) is 6.73 Å². The Balaban J connectivity index is 2.69. The summed E-state index contributed by atoms with van der Waals surface area (Å²) in [5.74, 6) is 1.85. The molecule has 0 unspecified atom stereocenters. The van der Waals surface area contributed by atoms with E-state index in [0.717, 1.165) is 0 Å². The monoisotopic (exact) mass is 268 g/mol. The molecule has 0 fully saturated rings. The second-order valence-corrected chi connectivity index (χ2v) is 4.20. The molecule has 0 atom stereocenters. The van der Waals surface area contributed by atoms with E-state index < -0.39 is 0 Å². The molecule has 0 saturated carbocycles. The van der Waals surface area contributed by atoms with Gasteiger partial charge in [-0.05, 0) is 0 Å². The molecule has 19 heavy (non-hydrogen) atoms. The molecule has 0 heterocycles. The van der Waals surface area contributed by atoms with Crippen molar-refractivity contribution in [3.8, 4) is 17.2 Å². The Labute approximate surface area is 113 Å². The van der Waals surface area contributed by atoms with Crippen molar-refractivity contribution in [2.24, 2.45) is 0 Å². The topological polar surface area (TPSA) is 51.2 Å². The predicted octanol–water partition coefficient (Wildman–Crippen LogP) is 1.65. The molecule has 0 N–H and O–H groups in total. The maximum Gasteiger partial charge on any atom is 0.321 e. The first-order valence-corrected chi connectivity index (χ1v) is 5.76. The third-order valence-electron chi connectivity index (χ3n) is 2.46. The Morgan fingerprint density at radius 2 is 1.47 bits per heavy atom. The smallest absolute Gasteiger partial charge is 0.321 e. The lowest BCUT2D eigenvalue weighted by molar-refractivity contribution is 0.134. The molecule has 6 heteroatoms. The highest BCUT2D eigenvalue weighted by molar-refractivity contribution is 5.73. The van der Waals surface area contributed by atoms with Crippen molar-refractivity contribution in [2.75, 3.05) is 42.1 Å². The molecule has 1 aromatic carbocycles. The SMILES string of the molecule is COc1cc(OC)cc(OCN(C)C(=O)N(C)C)c1. The number of amides is 2. The van der Waals surface area contributed by atoms with Crippen LogP contribution in [0.15, 0.2) is 18.2 Å². The molecule has 1 aromatic rings. The van der Waals surface area contributed by atoms with E-state index in [9.17, 15) is 4.79 Å². The van der Waals surface area contributed by atoms with Gasteiger partial charge in [-0.2, -0.15) is 0 Å². The molecule has 0 spiro atoms. The van der Waals surface area contributed by atoms with Crippen LogP contribution in [0.3, 0.4) is 0 Å². The number of benzene rings is 1. The first kappa shape index (κ1) is 14.9. The zero-order valence-corrected chi connectivity index (χ0v) is 12.0. The van der Waals surface area contributed by atoms with Gasteiger partial charge in [0.2, 0.25) is 0 Å². The third kappa shape index (κ3) is 4.24. The van der Waals surface area contributed by atoms with Gasteiger partial charge in [-0.15, -0.1) is 0 Å². The Bertz CT molecular complexity index is 412. The number of nitrogens with zero attached hydrogens (tertiary/aromatic N) is 2. The third-order valence-corrected chi connectivity index (χ3v) is 2.46. The number of methoxy groups -OCH3 is 2. The first-order chi connectivity index (χ1) is 8.97. The van der Waals surface area contributed by atoms with Gasteiger partial charge in [-0.3, -0.25) is 4.90 Å². The van der Waals surface area contributed by atoms with E-state index in [0.29, 0.717) is 17.2 Å². The van der Waals surface area contributed by atoms with Crippen LogP contribution in [0.2, 0.25) is 0 Å². The maximum atomic E-state index is 11.6. The Morgan fingerprint density at radius 1 is 1.00 bits per heavy atom. The van der Waals surface area contributed by atoms with Crippen molar-refractivity contribution in [2.45, 2.75) is 0 Å². The molecule has 0 saturated heterocycles. The first-order valence-electron chi connectivity index (χ1n) is 5.76. The average molecular weight is 268 g/mol.